The van der Waals surface area contributed by atoms with Crippen LogP contribution >= 0.6 is 0 Å². The summed E-state index contributed by atoms with van der Waals surface area (Å²) in [5.74, 6) is 0.0594. The Hall–Kier alpha value is -0.580. The van der Waals surface area contributed by atoms with Crippen LogP contribution in [0.5, 0.6) is 0 Å². The highest BCUT2D eigenvalue weighted by atomic mass is 32.2. The van der Waals surface area contributed by atoms with E-state index in [-0.39, 0.29) is 23.3 Å². The summed E-state index contributed by atoms with van der Waals surface area (Å²) in [4.78, 5) is 0. The minimum Gasteiger partial charge on any atom is -0.484 e. The Morgan fingerprint density at radius 3 is 2.40 bits per heavy atom. The standard InChI is InChI=1S/C5H9NO3S/c1-9-5(6)4-2-10(7,8)3-4/h4,6H,2-3H2,1H3. The summed E-state index contributed by atoms with van der Waals surface area (Å²) in [7, 11) is -1.42. The van der Waals surface area contributed by atoms with Gasteiger partial charge in [0.2, 0.25) is 0 Å². The second-order valence-electron chi connectivity index (χ2n) is 2.34. The molecule has 0 aromatic heterocycles. The first-order valence-corrected chi connectivity index (χ1v) is 4.70. The zero-order valence-electron chi connectivity index (χ0n) is 5.62. The lowest BCUT2D eigenvalue weighted by molar-refractivity contribution is 0.366. The highest BCUT2D eigenvalue weighted by Gasteiger charge is 2.37. The molecule has 1 fully saturated rings. The monoisotopic (exact) mass is 163 g/mol. The molecule has 1 rings (SSSR count). The van der Waals surface area contributed by atoms with Gasteiger partial charge in [-0.2, -0.15) is 0 Å². The van der Waals surface area contributed by atoms with Gasteiger partial charge in [0.05, 0.1) is 24.5 Å². The molecule has 0 spiro atoms. The molecule has 10 heavy (non-hydrogen) atoms. The molecule has 58 valence electrons. The van der Waals surface area contributed by atoms with Crippen molar-refractivity contribution in [1.29, 1.82) is 5.41 Å². The maximum absolute atomic E-state index is 10.6. The minimum absolute atomic E-state index is 0.0785. The molecule has 0 aromatic rings. The van der Waals surface area contributed by atoms with Crippen molar-refractivity contribution in [3.05, 3.63) is 0 Å². The molecule has 0 aromatic carbocycles. The Morgan fingerprint density at radius 1 is 1.60 bits per heavy atom. The fourth-order valence-corrected chi connectivity index (χ4v) is 2.31. The van der Waals surface area contributed by atoms with Gasteiger partial charge in [-0.05, 0) is 0 Å². The zero-order valence-corrected chi connectivity index (χ0v) is 6.44. The van der Waals surface area contributed by atoms with Crippen LogP contribution in [0.1, 0.15) is 0 Å². The molecule has 1 aliphatic rings. The van der Waals surface area contributed by atoms with Crippen molar-refractivity contribution in [2.24, 2.45) is 5.92 Å². The van der Waals surface area contributed by atoms with Crippen molar-refractivity contribution in [1.82, 2.24) is 0 Å². The van der Waals surface area contributed by atoms with E-state index in [0.717, 1.165) is 0 Å². The molecule has 1 aliphatic heterocycles. The van der Waals surface area contributed by atoms with Gasteiger partial charge in [-0.25, -0.2) is 8.42 Å². The number of rotatable bonds is 1. The van der Waals surface area contributed by atoms with Gasteiger partial charge < -0.3 is 4.74 Å². The summed E-state index contributed by atoms with van der Waals surface area (Å²) in [5.41, 5.74) is 0. The van der Waals surface area contributed by atoms with Crippen molar-refractivity contribution >= 4 is 15.7 Å². The fraction of sp³-hybridized carbons (Fsp3) is 0.800. The molecule has 1 saturated heterocycles. The maximum atomic E-state index is 10.6. The highest BCUT2D eigenvalue weighted by molar-refractivity contribution is 7.92. The lowest BCUT2D eigenvalue weighted by atomic mass is 10.2. The van der Waals surface area contributed by atoms with Gasteiger partial charge in [0, 0.05) is 0 Å². The third-order valence-corrected chi connectivity index (χ3v) is 3.32. The van der Waals surface area contributed by atoms with E-state index in [1.165, 1.54) is 7.11 Å². The van der Waals surface area contributed by atoms with E-state index in [1.807, 2.05) is 0 Å². The van der Waals surface area contributed by atoms with Crippen LogP contribution in [0.15, 0.2) is 0 Å². The molecular formula is C5H9NO3S. The topological polar surface area (TPSA) is 67.2 Å². The van der Waals surface area contributed by atoms with Crippen molar-refractivity contribution in [3.63, 3.8) is 0 Å². The third-order valence-electron chi connectivity index (χ3n) is 1.50. The summed E-state index contributed by atoms with van der Waals surface area (Å²) in [5, 5.41) is 7.08. The van der Waals surface area contributed by atoms with Gasteiger partial charge in [0.15, 0.2) is 15.7 Å². The molecular weight excluding hydrogens is 154 g/mol. The molecule has 1 N–H and O–H groups in total. The largest absolute Gasteiger partial charge is 0.484 e. The van der Waals surface area contributed by atoms with E-state index in [2.05, 4.69) is 4.74 Å². The van der Waals surface area contributed by atoms with Crippen molar-refractivity contribution in [3.8, 4) is 0 Å². The van der Waals surface area contributed by atoms with Crippen LogP contribution in [0.3, 0.4) is 0 Å². The second-order valence-corrected chi connectivity index (χ2v) is 4.50. The Bertz CT molecular complexity index is 232. The van der Waals surface area contributed by atoms with E-state index in [4.69, 9.17) is 5.41 Å². The van der Waals surface area contributed by atoms with Gasteiger partial charge >= 0.3 is 0 Å². The van der Waals surface area contributed by atoms with Gasteiger partial charge in [-0.15, -0.1) is 0 Å². The van der Waals surface area contributed by atoms with Crippen LogP contribution in [-0.2, 0) is 14.6 Å². The van der Waals surface area contributed by atoms with E-state index in [9.17, 15) is 8.42 Å². The fourth-order valence-electron chi connectivity index (χ4n) is 0.882. The second kappa shape index (κ2) is 2.23. The summed E-state index contributed by atoms with van der Waals surface area (Å²) >= 11 is 0. The zero-order chi connectivity index (χ0) is 7.78. The Morgan fingerprint density at radius 2 is 2.10 bits per heavy atom. The number of hydrogen-bond acceptors (Lipinski definition) is 4. The number of hydrogen-bond donors (Lipinski definition) is 1. The van der Waals surface area contributed by atoms with Crippen molar-refractivity contribution in [2.45, 2.75) is 0 Å². The quantitative estimate of drug-likeness (QED) is 0.424. The Kier molecular flexibility index (Phi) is 1.68. The molecule has 0 amide bonds. The molecule has 0 bridgehead atoms. The number of nitrogens with one attached hydrogen (secondary N) is 1. The Balaban J connectivity index is 2.48. The molecule has 0 unspecified atom stereocenters. The summed E-state index contributed by atoms with van der Waals surface area (Å²) in [6.07, 6.45) is 0. The number of sulfone groups is 1. The van der Waals surface area contributed by atoms with Crippen LogP contribution < -0.4 is 0 Å². The third kappa shape index (κ3) is 1.29. The summed E-state index contributed by atoms with van der Waals surface area (Å²) < 4.78 is 25.7. The smallest absolute Gasteiger partial charge is 0.185 e. The lowest BCUT2D eigenvalue weighted by Crippen LogP contribution is -2.41. The van der Waals surface area contributed by atoms with Crippen molar-refractivity contribution in [2.75, 3.05) is 18.6 Å². The SMILES string of the molecule is COC(=N)C1CS(=O)(=O)C1. The van der Waals surface area contributed by atoms with E-state index in [0.29, 0.717) is 0 Å². The minimum atomic E-state index is -2.81. The van der Waals surface area contributed by atoms with Crippen LogP contribution in [0, 0.1) is 11.3 Å². The van der Waals surface area contributed by atoms with Crippen LogP contribution in [-0.4, -0.2) is 32.9 Å². The highest BCUT2D eigenvalue weighted by Crippen LogP contribution is 2.18. The number of methoxy groups -OCH3 is 1. The molecule has 4 nitrogen and oxygen atoms in total. The van der Waals surface area contributed by atoms with E-state index < -0.39 is 9.84 Å². The predicted octanol–water partition coefficient (Wildman–Crippen LogP) is -0.345. The van der Waals surface area contributed by atoms with Gasteiger partial charge in [0.1, 0.15) is 0 Å². The summed E-state index contributed by atoms with van der Waals surface area (Å²) in [6, 6.07) is 0. The Labute approximate surface area is 59.6 Å². The van der Waals surface area contributed by atoms with Gasteiger partial charge in [-0.3, -0.25) is 5.41 Å². The normalized spacial score (nSPS) is 23.3. The molecule has 1 heterocycles. The lowest BCUT2D eigenvalue weighted by Gasteiger charge is -2.24. The van der Waals surface area contributed by atoms with Crippen LogP contribution in [0.2, 0.25) is 0 Å². The first kappa shape index (κ1) is 7.53. The molecule has 0 radical (unpaired) electrons. The molecule has 0 atom stereocenters. The first-order valence-electron chi connectivity index (χ1n) is 2.88. The summed E-state index contributed by atoms with van der Waals surface area (Å²) in [6.45, 7) is 0. The van der Waals surface area contributed by atoms with E-state index in [1.54, 1.807) is 0 Å². The average Bonchev–Trinajstić information content (AvgIpc) is 1.81. The average molecular weight is 163 g/mol. The van der Waals surface area contributed by atoms with Gasteiger partial charge in [0.25, 0.3) is 0 Å². The predicted molar refractivity (Wildman–Crippen MR) is 36.9 cm³/mol. The van der Waals surface area contributed by atoms with Gasteiger partial charge in [-0.1, -0.05) is 0 Å². The van der Waals surface area contributed by atoms with Crippen LogP contribution in [0.4, 0.5) is 0 Å². The van der Waals surface area contributed by atoms with E-state index >= 15 is 0 Å². The molecule has 0 saturated carbocycles. The van der Waals surface area contributed by atoms with Crippen LogP contribution in [0.25, 0.3) is 0 Å². The molecule has 0 aliphatic carbocycles. The first-order chi connectivity index (χ1) is 4.55. The molecule has 5 heteroatoms. The number of ether oxygens (including phenoxy) is 1. The maximum Gasteiger partial charge on any atom is 0.185 e. The van der Waals surface area contributed by atoms with Crippen molar-refractivity contribution < 1.29 is 13.2 Å².